The zero-order valence-electron chi connectivity index (χ0n) is 18.8. The molecule has 3 heterocycles. The molecule has 5 rings (SSSR count). The third-order valence-electron chi connectivity index (χ3n) is 6.78. The molecule has 4 aromatic rings. The molecule has 0 amide bonds. The Morgan fingerprint density at radius 3 is 2.72 bits per heavy atom. The Morgan fingerprint density at radius 1 is 1.12 bits per heavy atom. The van der Waals surface area contributed by atoms with E-state index in [0.29, 0.717) is 35.7 Å². The molecule has 0 saturated carbocycles. The largest absolute Gasteiger partial charge is 0.493 e. The normalized spacial score (nSPS) is 16.9. The Morgan fingerprint density at radius 2 is 1.97 bits per heavy atom. The topological polar surface area (TPSA) is 99.5 Å². The number of hydrogen-bond donors (Lipinski definition) is 2. The number of benzene rings is 2. The number of fused-ring (bicyclic) bond motifs is 5. The maximum Gasteiger partial charge on any atom is 0.163 e. The van der Waals surface area contributed by atoms with Crippen molar-refractivity contribution in [3.05, 3.63) is 36.0 Å². The molecule has 0 bridgehead atoms. The second-order valence-electron chi connectivity index (χ2n) is 8.65. The zero-order chi connectivity index (χ0) is 22.4. The number of methoxy groups -OCH3 is 1. The van der Waals surface area contributed by atoms with Crippen molar-refractivity contribution in [2.75, 3.05) is 38.8 Å². The van der Waals surface area contributed by atoms with Gasteiger partial charge in [0.15, 0.2) is 11.5 Å². The molecule has 0 spiro atoms. The van der Waals surface area contributed by atoms with Gasteiger partial charge in [-0.2, -0.15) is 0 Å². The number of ether oxygens (including phenoxy) is 2. The Bertz CT molecular complexity index is 1340. The number of rotatable bonds is 5. The van der Waals surface area contributed by atoms with E-state index >= 15 is 0 Å². The summed E-state index contributed by atoms with van der Waals surface area (Å²) in [4.78, 5) is 11.7. The fraction of sp³-hybridized carbons (Fsp3) is 0.360. The number of pyridine rings is 2. The number of anilines is 2. The zero-order valence-corrected chi connectivity index (χ0v) is 18.8. The summed E-state index contributed by atoms with van der Waals surface area (Å²) in [7, 11) is 3.85. The van der Waals surface area contributed by atoms with E-state index < -0.39 is 0 Å². The van der Waals surface area contributed by atoms with Gasteiger partial charge in [0.25, 0.3) is 0 Å². The van der Waals surface area contributed by atoms with Crippen LogP contribution < -0.4 is 20.9 Å². The van der Waals surface area contributed by atoms with E-state index in [2.05, 4.69) is 21.9 Å². The molecule has 0 aliphatic carbocycles. The van der Waals surface area contributed by atoms with Crippen LogP contribution in [0.25, 0.3) is 32.6 Å². The van der Waals surface area contributed by atoms with Gasteiger partial charge in [0, 0.05) is 45.5 Å². The van der Waals surface area contributed by atoms with Gasteiger partial charge in [0.2, 0.25) is 0 Å². The van der Waals surface area contributed by atoms with Crippen molar-refractivity contribution in [2.45, 2.75) is 32.2 Å². The molecule has 1 saturated heterocycles. The minimum atomic E-state index is 0.440. The molecule has 2 aromatic carbocycles. The lowest BCUT2D eigenvalue weighted by Crippen LogP contribution is -2.26. The monoisotopic (exact) mass is 431 g/mol. The number of nitrogens with two attached hydrogens (primary N) is 2. The molecule has 1 unspecified atom stereocenters. The van der Waals surface area contributed by atoms with Gasteiger partial charge in [-0.3, -0.25) is 4.98 Å². The van der Waals surface area contributed by atoms with E-state index in [4.69, 9.17) is 20.9 Å². The Balaban J connectivity index is 1.61. The van der Waals surface area contributed by atoms with Gasteiger partial charge in [-0.05, 0) is 57.5 Å². The lowest BCUT2D eigenvalue weighted by molar-refractivity contribution is 0.227. The molecule has 1 fully saturated rings. The quantitative estimate of drug-likeness (QED) is 0.359. The molecule has 7 nitrogen and oxygen atoms in total. The van der Waals surface area contributed by atoms with Gasteiger partial charge in [0.1, 0.15) is 5.82 Å². The fourth-order valence-electron chi connectivity index (χ4n) is 4.85. The van der Waals surface area contributed by atoms with E-state index in [-0.39, 0.29) is 0 Å². The first-order chi connectivity index (χ1) is 15.5. The second-order valence-corrected chi connectivity index (χ2v) is 8.65. The Hall–Kier alpha value is -3.32. The second kappa shape index (κ2) is 7.98. The fourth-order valence-corrected chi connectivity index (χ4v) is 4.85. The number of aryl methyl sites for hydroxylation is 1. The van der Waals surface area contributed by atoms with Gasteiger partial charge < -0.3 is 25.8 Å². The first-order valence-corrected chi connectivity index (χ1v) is 11.1. The smallest absolute Gasteiger partial charge is 0.163 e. The summed E-state index contributed by atoms with van der Waals surface area (Å²) in [5.41, 5.74) is 15.7. The van der Waals surface area contributed by atoms with Crippen LogP contribution in [0, 0.1) is 6.92 Å². The van der Waals surface area contributed by atoms with E-state index in [1.165, 1.54) is 12.8 Å². The van der Waals surface area contributed by atoms with Crippen molar-refractivity contribution in [3.8, 4) is 11.5 Å². The summed E-state index contributed by atoms with van der Waals surface area (Å²) < 4.78 is 11.9. The maximum atomic E-state index is 6.32. The van der Waals surface area contributed by atoms with Gasteiger partial charge in [-0.1, -0.05) is 6.07 Å². The van der Waals surface area contributed by atoms with Crippen LogP contribution in [0.5, 0.6) is 11.5 Å². The first kappa shape index (κ1) is 20.6. The highest BCUT2D eigenvalue weighted by atomic mass is 16.5. The predicted octanol–water partition coefficient (Wildman–Crippen LogP) is 4.28. The highest BCUT2D eigenvalue weighted by Gasteiger charge is 2.21. The minimum Gasteiger partial charge on any atom is -0.493 e. The number of hydrogen-bond acceptors (Lipinski definition) is 7. The van der Waals surface area contributed by atoms with Crippen LogP contribution in [0.1, 0.15) is 24.8 Å². The standard InChI is InChI=1S/C25H29N5O2/c1-14-19(26)7-6-16-23-17-11-21(31-3)22(32-10-8-15-5-4-9-30(15)2)12-20(17)28-13-18(23)25(27)29-24(14)16/h6-7,11-13,15H,4-5,8-10,26H2,1-3H3,(H2,27,29). The molecule has 2 aromatic heterocycles. The maximum absolute atomic E-state index is 6.32. The summed E-state index contributed by atoms with van der Waals surface area (Å²) in [5, 5.41) is 3.76. The van der Waals surface area contributed by atoms with Crippen LogP contribution in [0.15, 0.2) is 30.5 Å². The SMILES string of the molecule is COc1cc2c(cc1OCCC1CCCN1C)ncc1c(N)nc3c(C)c(N)ccc3c12. The third-order valence-corrected chi connectivity index (χ3v) is 6.78. The molecular formula is C25H29N5O2. The molecule has 1 aliphatic rings. The summed E-state index contributed by atoms with van der Waals surface area (Å²) in [6, 6.07) is 8.45. The molecular weight excluding hydrogens is 402 g/mol. The third kappa shape index (κ3) is 3.33. The van der Waals surface area contributed by atoms with Crippen molar-refractivity contribution in [1.82, 2.24) is 14.9 Å². The Kier molecular flexibility index (Phi) is 5.13. The van der Waals surface area contributed by atoms with Gasteiger partial charge in [-0.25, -0.2) is 4.98 Å². The van der Waals surface area contributed by atoms with Crippen molar-refractivity contribution in [1.29, 1.82) is 0 Å². The van der Waals surface area contributed by atoms with Gasteiger partial charge in [-0.15, -0.1) is 0 Å². The minimum absolute atomic E-state index is 0.440. The first-order valence-electron chi connectivity index (χ1n) is 11.1. The van der Waals surface area contributed by atoms with Crippen LogP contribution in [0.2, 0.25) is 0 Å². The van der Waals surface area contributed by atoms with Crippen molar-refractivity contribution >= 4 is 44.1 Å². The molecule has 1 atom stereocenters. The van der Waals surface area contributed by atoms with Crippen LogP contribution in [-0.2, 0) is 0 Å². The number of nitrogen functional groups attached to an aromatic ring is 2. The highest BCUT2D eigenvalue weighted by molar-refractivity contribution is 6.21. The van der Waals surface area contributed by atoms with Crippen molar-refractivity contribution < 1.29 is 9.47 Å². The lowest BCUT2D eigenvalue weighted by Gasteiger charge is -2.20. The molecule has 4 N–H and O–H groups in total. The summed E-state index contributed by atoms with van der Waals surface area (Å²) in [5.74, 6) is 1.83. The summed E-state index contributed by atoms with van der Waals surface area (Å²) in [6.07, 6.45) is 5.27. The predicted molar refractivity (Wildman–Crippen MR) is 130 cm³/mol. The van der Waals surface area contributed by atoms with E-state index in [1.807, 2.05) is 31.2 Å². The van der Waals surface area contributed by atoms with E-state index in [0.717, 1.165) is 51.1 Å². The van der Waals surface area contributed by atoms with Crippen molar-refractivity contribution in [2.24, 2.45) is 0 Å². The average molecular weight is 432 g/mol. The van der Waals surface area contributed by atoms with Gasteiger partial charge >= 0.3 is 0 Å². The van der Waals surface area contributed by atoms with E-state index in [9.17, 15) is 0 Å². The average Bonchev–Trinajstić information content (AvgIpc) is 3.20. The number of likely N-dealkylation sites (tertiary alicyclic amines) is 1. The molecule has 166 valence electrons. The summed E-state index contributed by atoms with van der Waals surface area (Å²) >= 11 is 0. The van der Waals surface area contributed by atoms with E-state index in [1.54, 1.807) is 13.3 Å². The van der Waals surface area contributed by atoms with Gasteiger partial charge in [0.05, 0.1) is 24.8 Å². The lowest BCUT2D eigenvalue weighted by atomic mass is 9.99. The molecule has 7 heteroatoms. The number of aromatic nitrogens is 2. The highest BCUT2D eigenvalue weighted by Crippen LogP contribution is 2.39. The molecule has 32 heavy (non-hydrogen) atoms. The number of nitrogens with zero attached hydrogens (tertiary/aromatic N) is 3. The molecule has 0 radical (unpaired) electrons. The molecule has 1 aliphatic heterocycles. The van der Waals surface area contributed by atoms with Crippen LogP contribution in [0.4, 0.5) is 11.5 Å². The van der Waals surface area contributed by atoms with Crippen LogP contribution in [-0.4, -0.2) is 48.2 Å². The van der Waals surface area contributed by atoms with Crippen LogP contribution >= 0.6 is 0 Å². The van der Waals surface area contributed by atoms with Crippen molar-refractivity contribution in [3.63, 3.8) is 0 Å². The Labute approximate surface area is 187 Å². The summed E-state index contributed by atoms with van der Waals surface area (Å²) in [6.45, 7) is 3.77. The van der Waals surface area contributed by atoms with Crippen LogP contribution in [0.3, 0.4) is 0 Å².